The highest BCUT2D eigenvalue weighted by Crippen LogP contribution is 2.05. The SMILES string of the molecule is C=COCC#Cc1ccccc1C#CCC/C=C/C(=O)OC. The van der Waals surface area contributed by atoms with E-state index in [1.807, 2.05) is 24.3 Å². The molecule has 0 unspecified atom stereocenters. The van der Waals surface area contributed by atoms with Crippen LogP contribution >= 0.6 is 0 Å². The van der Waals surface area contributed by atoms with Crippen LogP contribution < -0.4 is 0 Å². The standard InChI is InChI=1S/C19H18O3/c1-3-22-16-10-14-18-13-9-8-12-17(18)11-6-4-5-7-15-19(20)21-2/h3,7-9,12-13,15H,1,4-5,16H2,2H3/b15-7+. The van der Waals surface area contributed by atoms with Crippen molar-refractivity contribution in [2.45, 2.75) is 12.8 Å². The number of rotatable bonds is 5. The number of methoxy groups -OCH3 is 1. The van der Waals surface area contributed by atoms with Crippen molar-refractivity contribution in [1.82, 2.24) is 0 Å². The van der Waals surface area contributed by atoms with Gasteiger partial charge in [-0.25, -0.2) is 4.79 Å². The van der Waals surface area contributed by atoms with Gasteiger partial charge in [0.2, 0.25) is 0 Å². The number of ether oxygens (including phenoxy) is 2. The van der Waals surface area contributed by atoms with E-state index in [4.69, 9.17) is 4.74 Å². The maximum Gasteiger partial charge on any atom is 0.330 e. The van der Waals surface area contributed by atoms with E-state index in [1.165, 1.54) is 19.4 Å². The third-order valence-corrected chi connectivity index (χ3v) is 2.54. The zero-order chi connectivity index (χ0) is 16.0. The van der Waals surface area contributed by atoms with Gasteiger partial charge in [0.15, 0.2) is 0 Å². The molecule has 0 saturated heterocycles. The van der Waals surface area contributed by atoms with Gasteiger partial charge in [-0.15, -0.1) is 0 Å². The summed E-state index contributed by atoms with van der Waals surface area (Å²) >= 11 is 0. The Hall–Kier alpha value is -2.91. The molecule has 0 aliphatic heterocycles. The molecule has 1 rings (SSSR count). The van der Waals surface area contributed by atoms with Crippen LogP contribution in [0.3, 0.4) is 0 Å². The Bertz CT molecular complexity index is 648. The summed E-state index contributed by atoms with van der Waals surface area (Å²) in [5.74, 6) is 11.7. The minimum atomic E-state index is -0.352. The summed E-state index contributed by atoms with van der Waals surface area (Å²) in [5.41, 5.74) is 1.75. The van der Waals surface area contributed by atoms with Crippen molar-refractivity contribution in [2.24, 2.45) is 0 Å². The number of carbonyl (C=O) groups is 1. The predicted molar refractivity (Wildman–Crippen MR) is 86.7 cm³/mol. The van der Waals surface area contributed by atoms with Gasteiger partial charge in [0.1, 0.15) is 6.61 Å². The first-order valence-corrected chi connectivity index (χ1v) is 6.81. The van der Waals surface area contributed by atoms with E-state index >= 15 is 0 Å². The van der Waals surface area contributed by atoms with Gasteiger partial charge in [-0.3, -0.25) is 0 Å². The van der Waals surface area contributed by atoms with Crippen LogP contribution in [-0.2, 0) is 14.3 Å². The molecule has 112 valence electrons. The van der Waals surface area contributed by atoms with Crippen LogP contribution in [0.2, 0.25) is 0 Å². The van der Waals surface area contributed by atoms with Gasteiger partial charge in [-0.05, 0) is 18.6 Å². The molecule has 0 N–H and O–H groups in total. The third kappa shape index (κ3) is 7.03. The molecule has 0 bridgehead atoms. The highest BCUT2D eigenvalue weighted by molar-refractivity contribution is 5.81. The van der Waals surface area contributed by atoms with E-state index in [9.17, 15) is 4.79 Å². The average Bonchev–Trinajstić information content (AvgIpc) is 2.55. The number of carbonyl (C=O) groups excluding carboxylic acids is 1. The lowest BCUT2D eigenvalue weighted by atomic mass is 10.1. The Balaban J connectivity index is 2.60. The van der Waals surface area contributed by atoms with Crippen LogP contribution in [0.25, 0.3) is 0 Å². The smallest absolute Gasteiger partial charge is 0.330 e. The van der Waals surface area contributed by atoms with Gasteiger partial charge in [-0.1, -0.05) is 48.5 Å². The molecular formula is C19H18O3. The summed E-state index contributed by atoms with van der Waals surface area (Å²) in [6.07, 6.45) is 5.87. The Kier molecular flexibility index (Phi) is 8.44. The molecule has 1 aromatic rings. The van der Waals surface area contributed by atoms with Crippen LogP contribution in [0.1, 0.15) is 24.0 Å². The van der Waals surface area contributed by atoms with Gasteiger partial charge in [0.25, 0.3) is 0 Å². The van der Waals surface area contributed by atoms with Gasteiger partial charge >= 0.3 is 5.97 Å². The average molecular weight is 294 g/mol. The largest absolute Gasteiger partial charge is 0.489 e. The fraction of sp³-hybridized carbons (Fsp3) is 0.211. The van der Waals surface area contributed by atoms with Gasteiger partial charge in [-0.2, -0.15) is 0 Å². The summed E-state index contributed by atoms with van der Waals surface area (Å²) < 4.78 is 9.46. The Labute approximate surface area is 131 Å². The molecule has 0 aliphatic carbocycles. The van der Waals surface area contributed by atoms with Crippen molar-refractivity contribution in [1.29, 1.82) is 0 Å². The topological polar surface area (TPSA) is 35.5 Å². The highest BCUT2D eigenvalue weighted by atomic mass is 16.5. The van der Waals surface area contributed by atoms with E-state index in [2.05, 4.69) is 35.0 Å². The quantitative estimate of drug-likeness (QED) is 0.275. The first kappa shape index (κ1) is 17.1. The van der Waals surface area contributed by atoms with Crippen LogP contribution in [0.15, 0.2) is 49.3 Å². The Morgan fingerprint density at radius 1 is 1.23 bits per heavy atom. The Morgan fingerprint density at radius 2 is 1.91 bits per heavy atom. The van der Waals surface area contributed by atoms with Crippen LogP contribution in [-0.4, -0.2) is 19.7 Å². The molecule has 0 aliphatic rings. The maximum atomic E-state index is 10.9. The monoisotopic (exact) mass is 294 g/mol. The van der Waals surface area contributed by atoms with Gasteiger partial charge in [0.05, 0.1) is 13.4 Å². The summed E-state index contributed by atoms with van der Waals surface area (Å²) in [4.78, 5) is 10.9. The number of hydrogen-bond acceptors (Lipinski definition) is 3. The molecule has 0 amide bonds. The summed E-state index contributed by atoms with van der Waals surface area (Å²) in [7, 11) is 1.35. The molecule has 0 heterocycles. The van der Waals surface area contributed by atoms with E-state index < -0.39 is 0 Å². The molecule has 0 atom stereocenters. The van der Waals surface area contributed by atoms with Crippen molar-refractivity contribution in [2.75, 3.05) is 13.7 Å². The van der Waals surface area contributed by atoms with Gasteiger partial charge in [0, 0.05) is 23.6 Å². The van der Waals surface area contributed by atoms with Crippen molar-refractivity contribution < 1.29 is 14.3 Å². The number of benzene rings is 1. The first-order chi connectivity index (χ1) is 10.8. The van der Waals surface area contributed by atoms with E-state index in [-0.39, 0.29) is 5.97 Å². The van der Waals surface area contributed by atoms with Crippen molar-refractivity contribution in [3.05, 3.63) is 60.4 Å². The van der Waals surface area contributed by atoms with Crippen LogP contribution in [0.4, 0.5) is 0 Å². The molecule has 1 aromatic carbocycles. The summed E-state index contributed by atoms with van der Waals surface area (Å²) in [6, 6.07) is 7.69. The number of allylic oxidation sites excluding steroid dienone is 1. The second-order valence-electron chi connectivity index (χ2n) is 4.09. The predicted octanol–water partition coefficient (Wildman–Crippen LogP) is 3.06. The Morgan fingerprint density at radius 3 is 2.55 bits per heavy atom. The molecule has 0 saturated carbocycles. The highest BCUT2D eigenvalue weighted by Gasteiger charge is 1.94. The van der Waals surface area contributed by atoms with Crippen molar-refractivity contribution >= 4 is 5.97 Å². The van der Waals surface area contributed by atoms with E-state index in [1.54, 1.807) is 6.08 Å². The van der Waals surface area contributed by atoms with Crippen molar-refractivity contribution in [3.63, 3.8) is 0 Å². The first-order valence-electron chi connectivity index (χ1n) is 6.81. The normalized spacial score (nSPS) is 9.14. The molecular weight excluding hydrogens is 276 g/mol. The van der Waals surface area contributed by atoms with Crippen LogP contribution in [0, 0.1) is 23.7 Å². The minimum absolute atomic E-state index is 0.309. The summed E-state index contributed by atoms with van der Waals surface area (Å²) in [6.45, 7) is 3.77. The van der Waals surface area contributed by atoms with E-state index in [0.29, 0.717) is 19.4 Å². The molecule has 0 aromatic heterocycles. The lowest BCUT2D eigenvalue weighted by molar-refractivity contribution is -0.134. The molecule has 0 radical (unpaired) electrons. The zero-order valence-corrected chi connectivity index (χ0v) is 12.6. The summed E-state index contributed by atoms with van der Waals surface area (Å²) in [5, 5.41) is 0. The molecule has 3 nitrogen and oxygen atoms in total. The van der Waals surface area contributed by atoms with E-state index in [0.717, 1.165) is 11.1 Å². The van der Waals surface area contributed by atoms with Crippen molar-refractivity contribution in [3.8, 4) is 23.7 Å². The molecule has 22 heavy (non-hydrogen) atoms. The molecule has 0 fully saturated rings. The third-order valence-electron chi connectivity index (χ3n) is 2.54. The second kappa shape index (κ2) is 10.8. The fourth-order valence-corrected chi connectivity index (χ4v) is 1.49. The number of hydrogen-bond donors (Lipinski definition) is 0. The number of unbranched alkanes of at least 4 members (excludes halogenated alkanes) is 1. The maximum absolute atomic E-state index is 10.9. The molecule has 3 heteroatoms. The fourth-order valence-electron chi connectivity index (χ4n) is 1.49. The minimum Gasteiger partial charge on any atom is -0.489 e. The lowest BCUT2D eigenvalue weighted by Crippen LogP contribution is -1.93. The lowest BCUT2D eigenvalue weighted by Gasteiger charge is -1.95. The van der Waals surface area contributed by atoms with Crippen LogP contribution in [0.5, 0.6) is 0 Å². The zero-order valence-electron chi connectivity index (χ0n) is 12.6. The number of esters is 1. The molecule has 0 spiro atoms. The second-order valence-corrected chi connectivity index (χ2v) is 4.09. The van der Waals surface area contributed by atoms with Gasteiger partial charge < -0.3 is 9.47 Å².